The third-order valence-corrected chi connectivity index (χ3v) is 3.60. The van der Waals surface area contributed by atoms with Crippen molar-refractivity contribution in [2.75, 3.05) is 6.54 Å². The number of phenolic OH excluding ortho intramolecular Hbond substituents is 1. The summed E-state index contributed by atoms with van der Waals surface area (Å²) in [5.41, 5.74) is 1.03. The molecular weight excluding hydrogens is 198 g/mol. The van der Waals surface area contributed by atoms with Crippen LogP contribution in [0.5, 0.6) is 5.75 Å². The zero-order chi connectivity index (χ0) is 11.4. The van der Waals surface area contributed by atoms with E-state index in [4.69, 9.17) is 0 Å². The maximum atomic E-state index is 9.81. The summed E-state index contributed by atoms with van der Waals surface area (Å²) in [7, 11) is 0. The highest BCUT2D eigenvalue weighted by atomic mass is 16.3. The van der Waals surface area contributed by atoms with Gasteiger partial charge in [-0.25, -0.2) is 0 Å². The molecule has 0 amide bonds. The molecule has 0 aromatic heterocycles. The molecule has 88 valence electrons. The van der Waals surface area contributed by atoms with Gasteiger partial charge in [0.15, 0.2) is 0 Å². The van der Waals surface area contributed by atoms with E-state index in [9.17, 15) is 5.11 Å². The minimum Gasteiger partial charge on any atom is -0.508 e. The summed E-state index contributed by atoms with van der Waals surface area (Å²) in [6, 6.07) is 7.93. The molecule has 1 fully saturated rings. The summed E-state index contributed by atoms with van der Waals surface area (Å²) in [6.45, 7) is 3.25. The summed E-state index contributed by atoms with van der Waals surface area (Å²) < 4.78 is 0. The summed E-state index contributed by atoms with van der Waals surface area (Å²) in [4.78, 5) is 0. The van der Waals surface area contributed by atoms with Crippen molar-refractivity contribution in [2.45, 2.75) is 38.6 Å². The van der Waals surface area contributed by atoms with Crippen molar-refractivity contribution in [2.24, 2.45) is 5.92 Å². The first-order valence-corrected chi connectivity index (χ1v) is 6.32. The van der Waals surface area contributed by atoms with Crippen LogP contribution in [0, 0.1) is 5.92 Å². The van der Waals surface area contributed by atoms with Crippen molar-refractivity contribution in [1.29, 1.82) is 0 Å². The van der Waals surface area contributed by atoms with Crippen LogP contribution in [0.25, 0.3) is 0 Å². The highest BCUT2D eigenvalue weighted by molar-refractivity contribution is 5.34. The molecule has 0 heterocycles. The molecule has 2 rings (SSSR count). The number of benzene rings is 1. The third-order valence-electron chi connectivity index (χ3n) is 3.60. The first kappa shape index (κ1) is 11.5. The molecule has 1 aliphatic rings. The molecule has 0 aliphatic heterocycles. The lowest BCUT2D eigenvalue weighted by Gasteiger charge is -2.28. The van der Waals surface area contributed by atoms with Crippen LogP contribution in [-0.4, -0.2) is 11.7 Å². The molecule has 1 unspecified atom stereocenters. The fraction of sp³-hybridized carbons (Fsp3) is 0.571. The Hall–Kier alpha value is -1.02. The Balaban J connectivity index is 1.95. The Morgan fingerprint density at radius 2 is 2.12 bits per heavy atom. The highest BCUT2D eigenvalue weighted by Gasteiger charge is 2.19. The third kappa shape index (κ3) is 2.56. The summed E-state index contributed by atoms with van der Waals surface area (Å²) >= 11 is 0. The van der Waals surface area contributed by atoms with Crippen molar-refractivity contribution in [3.8, 4) is 5.75 Å². The van der Waals surface area contributed by atoms with E-state index in [1.165, 1.54) is 19.3 Å². The molecule has 2 N–H and O–H groups in total. The number of hydrogen-bond donors (Lipinski definition) is 2. The van der Waals surface area contributed by atoms with Gasteiger partial charge in [-0.05, 0) is 37.8 Å². The molecule has 1 atom stereocenters. The van der Waals surface area contributed by atoms with Gasteiger partial charge in [0.1, 0.15) is 5.75 Å². The van der Waals surface area contributed by atoms with E-state index in [0.717, 1.165) is 24.4 Å². The molecule has 2 heteroatoms. The largest absolute Gasteiger partial charge is 0.508 e. The maximum Gasteiger partial charge on any atom is 0.120 e. The van der Waals surface area contributed by atoms with Gasteiger partial charge >= 0.3 is 0 Å². The lowest BCUT2D eigenvalue weighted by molar-refractivity contribution is 0.286. The van der Waals surface area contributed by atoms with Gasteiger partial charge in [0.25, 0.3) is 0 Å². The monoisotopic (exact) mass is 219 g/mol. The van der Waals surface area contributed by atoms with Crippen LogP contribution < -0.4 is 5.32 Å². The molecule has 1 aromatic rings. The molecule has 2 nitrogen and oxygen atoms in total. The Morgan fingerprint density at radius 3 is 2.69 bits per heavy atom. The van der Waals surface area contributed by atoms with Crippen LogP contribution in [0.1, 0.15) is 44.2 Å². The Labute approximate surface area is 97.7 Å². The normalized spacial score (nSPS) is 18.1. The first-order chi connectivity index (χ1) is 7.81. The van der Waals surface area contributed by atoms with Gasteiger partial charge in [0.2, 0.25) is 0 Å². The second kappa shape index (κ2) is 5.35. The molecule has 1 aromatic carbocycles. The molecule has 0 bridgehead atoms. The SMILES string of the molecule is CCC(NCC1CCC1)c1ccccc1O. The van der Waals surface area contributed by atoms with Gasteiger partial charge in [0, 0.05) is 11.6 Å². The number of nitrogens with one attached hydrogen (secondary N) is 1. The van der Waals surface area contributed by atoms with Gasteiger partial charge in [0.05, 0.1) is 0 Å². The Bertz CT molecular complexity index is 333. The van der Waals surface area contributed by atoms with E-state index in [1.807, 2.05) is 18.2 Å². The summed E-state index contributed by atoms with van der Waals surface area (Å²) in [5, 5.41) is 13.4. The van der Waals surface area contributed by atoms with Crippen LogP contribution in [0.15, 0.2) is 24.3 Å². The van der Waals surface area contributed by atoms with Gasteiger partial charge < -0.3 is 10.4 Å². The lowest BCUT2D eigenvalue weighted by Crippen LogP contribution is -2.30. The van der Waals surface area contributed by atoms with E-state index < -0.39 is 0 Å². The number of hydrogen-bond acceptors (Lipinski definition) is 2. The van der Waals surface area contributed by atoms with Crippen LogP contribution in [0.2, 0.25) is 0 Å². The van der Waals surface area contributed by atoms with Crippen LogP contribution >= 0.6 is 0 Å². The minimum atomic E-state index is 0.293. The van der Waals surface area contributed by atoms with Crippen molar-refractivity contribution < 1.29 is 5.11 Å². The van der Waals surface area contributed by atoms with Crippen molar-refractivity contribution in [1.82, 2.24) is 5.32 Å². The van der Waals surface area contributed by atoms with E-state index in [0.29, 0.717) is 11.8 Å². The molecule has 0 spiro atoms. The molecule has 16 heavy (non-hydrogen) atoms. The second-order valence-electron chi connectivity index (χ2n) is 4.72. The average molecular weight is 219 g/mol. The van der Waals surface area contributed by atoms with Crippen LogP contribution in [0.4, 0.5) is 0 Å². The number of aromatic hydroxyl groups is 1. The zero-order valence-electron chi connectivity index (χ0n) is 9.95. The van der Waals surface area contributed by atoms with Gasteiger partial charge in [-0.15, -0.1) is 0 Å². The van der Waals surface area contributed by atoms with Crippen molar-refractivity contribution in [3.63, 3.8) is 0 Å². The summed E-state index contributed by atoms with van der Waals surface area (Å²) in [5.74, 6) is 1.27. The number of para-hydroxylation sites is 1. The Morgan fingerprint density at radius 1 is 1.38 bits per heavy atom. The van der Waals surface area contributed by atoms with E-state index >= 15 is 0 Å². The molecular formula is C14H21NO. The minimum absolute atomic E-state index is 0.293. The van der Waals surface area contributed by atoms with Crippen molar-refractivity contribution >= 4 is 0 Å². The predicted molar refractivity (Wildman–Crippen MR) is 66.5 cm³/mol. The molecule has 1 aliphatic carbocycles. The summed E-state index contributed by atoms with van der Waals surface area (Å²) in [6.07, 6.45) is 5.14. The first-order valence-electron chi connectivity index (χ1n) is 6.32. The number of rotatable bonds is 5. The standard InChI is InChI=1S/C14H21NO/c1-2-13(15-10-11-6-5-7-11)12-8-3-4-9-14(12)16/h3-4,8-9,11,13,15-16H,2,5-7,10H2,1H3. The topological polar surface area (TPSA) is 32.3 Å². The van der Waals surface area contributed by atoms with Gasteiger partial charge in [-0.2, -0.15) is 0 Å². The second-order valence-corrected chi connectivity index (χ2v) is 4.72. The average Bonchev–Trinajstić information content (AvgIpc) is 2.23. The van der Waals surface area contributed by atoms with Gasteiger partial charge in [-0.1, -0.05) is 31.5 Å². The lowest BCUT2D eigenvalue weighted by atomic mass is 9.85. The predicted octanol–water partition coefficient (Wildman–Crippen LogP) is 3.23. The van der Waals surface area contributed by atoms with Gasteiger partial charge in [-0.3, -0.25) is 0 Å². The highest BCUT2D eigenvalue weighted by Crippen LogP contribution is 2.29. The van der Waals surface area contributed by atoms with E-state index in [-0.39, 0.29) is 0 Å². The molecule has 0 radical (unpaired) electrons. The van der Waals surface area contributed by atoms with E-state index in [2.05, 4.69) is 12.2 Å². The van der Waals surface area contributed by atoms with Crippen LogP contribution in [-0.2, 0) is 0 Å². The zero-order valence-corrected chi connectivity index (χ0v) is 9.95. The Kier molecular flexibility index (Phi) is 3.83. The van der Waals surface area contributed by atoms with Crippen molar-refractivity contribution in [3.05, 3.63) is 29.8 Å². The fourth-order valence-corrected chi connectivity index (χ4v) is 2.26. The fourth-order valence-electron chi connectivity index (χ4n) is 2.26. The maximum absolute atomic E-state index is 9.81. The quantitative estimate of drug-likeness (QED) is 0.797. The smallest absolute Gasteiger partial charge is 0.120 e. The number of phenols is 1. The van der Waals surface area contributed by atoms with E-state index in [1.54, 1.807) is 6.07 Å². The molecule has 0 saturated heterocycles. The van der Waals surface area contributed by atoms with Crippen LogP contribution in [0.3, 0.4) is 0 Å². The molecule has 1 saturated carbocycles.